The fourth-order valence-electron chi connectivity index (χ4n) is 3.03. The van der Waals surface area contributed by atoms with E-state index in [1.807, 2.05) is 6.07 Å². The van der Waals surface area contributed by atoms with Crippen LogP contribution in [-0.2, 0) is 4.79 Å². The largest absolute Gasteiger partial charge is 0.355 e. The van der Waals surface area contributed by atoms with Gasteiger partial charge >= 0.3 is 0 Å². The Morgan fingerprint density at radius 1 is 1.12 bits per heavy atom. The molecule has 1 aromatic carbocycles. The van der Waals surface area contributed by atoms with Gasteiger partial charge in [-0.1, -0.05) is 0 Å². The summed E-state index contributed by atoms with van der Waals surface area (Å²) in [5.41, 5.74) is 4.23. The fraction of sp³-hybridized carbons (Fsp3) is 0.308. The number of aromatic nitrogens is 2. The number of carbonyl (C=O) groups excluding carboxylic acids is 1. The lowest BCUT2D eigenvalue weighted by molar-refractivity contribution is -0.123. The molecule has 0 unspecified atom stereocenters. The van der Waals surface area contributed by atoms with Gasteiger partial charge in [0.05, 0.1) is 17.0 Å². The van der Waals surface area contributed by atoms with Crippen LogP contribution in [0.2, 0.25) is 0 Å². The Bertz CT molecular complexity index is 638. The van der Waals surface area contributed by atoms with Gasteiger partial charge in [0.15, 0.2) is 0 Å². The molecular formula is C13H11N3O. The maximum atomic E-state index is 11.8. The number of hydrogen-bond donors (Lipinski definition) is 1. The van der Waals surface area contributed by atoms with Gasteiger partial charge in [-0.25, -0.2) is 0 Å². The van der Waals surface area contributed by atoms with Crippen LogP contribution in [0.3, 0.4) is 0 Å². The van der Waals surface area contributed by atoms with Gasteiger partial charge in [0, 0.05) is 24.9 Å². The molecular weight excluding hydrogens is 214 g/mol. The van der Waals surface area contributed by atoms with Crippen molar-refractivity contribution in [1.29, 1.82) is 0 Å². The molecule has 1 amide bonds. The number of nitrogens with zero attached hydrogens (tertiary/aromatic N) is 2. The van der Waals surface area contributed by atoms with Gasteiger partial charge < -0.3 is 5.32 Å². The molecule has 1 aliphatic carbocycles. The Morgan fingerprint density at radius 2 is 1.82 bits per heavy atom. The molecule has 2 aliphatic rings. The molecule has 0 saturated carbocycles. The van der Waals surface area contributed by atoms with Gasteiger partial charge in [-0.15, -0.1) is 0 Å². The smallest absolute Gasteiger partial charge is 0.227 e. The Balaban J connectivity index is 2.02. The normalized spacial score (nSPS) is 25.8. The van der Waals surface area contributed by atoms with E-state index in [2.05, 4.69) is 21.4 Å². The van der Waals surface area contributed by atoms with Crippen molar-refractivity contribution in [2.24, 2.45) is 0 Å². The number of carbonyl (C=O) groups is 1. The number of amides is 1. The van der Waals surface area contributed by atoms with Crippen LogP contribution in [0, 0.1) is 0 Å². The lowest BCUT2D eigenvalue weighted by Gasteiger charge is -2.19. The molecule has 2 heterocycles. The maximum absolute atomic E-state index is 11.8. The van der Waals surface area contributed by atoms with Crippen molar-refractivity contribution in [1.82, 2.24) is 15.3 Å². The van der Waals surface area contributed by atoms with Crippen molar-refractivity contribution in [2.45, 2.75) is 18.3 Å². The Labute approximate surface area is 98.1 Å². The van der Waals surface area contributed by atoms with Crippen LogP contribution in [0.4, 0.5) is 0 Å². The van der Waals surface area contributed by atoms with Crippen molar-refractivity contribution in [2.75, 3.05) is 6.54 Å². The van der Waals surface area contributed by atoms with Crippen LogP contribution in [0.5, 0.6) is 0 Å². The summed E-state index contributed by atoms with van der Waals surface area (Å²) in [6, 6.07) is 4.13. The third-order valence-corrected chi connectivity index (χ3v) is 3.85. The molecule has 84 valence electrons. The molecule has 17 heavy (non-hydrogen) atoms. The molecule has 1 N–H and O–H groups in total. The summed E-state index contributed by atoms with van der Waals surface area (Å²) >= 11 is 0. The summed E-state index contributed by atoms with van der Waals surface area (Å²) in [6.45, 7) is 0.758. The number of rotatable bonds is 0. The molecule has 4 nitrogen and oxygen atoms in total. The predicted molar refractivity (Wildman–Crippen MR) is 62.6 cm³/mol. The first-order valence-electron chi connectivity index (χ1n) is 5.85. The third-order valence-electron chi connectivity index (χ3n) is 3.85. The quantitative estimate of drug-likeness (QED) is 0.736. The summed E-state index contributed by atoms with van der Waals surface area (Å²) in [7, 11) is 0. The van der Waals surface area contributed by atoms with E-state index in [1.54, 1.807) is 12.4 Å². The molecule has 2 bridgehead atoms. The van der Waals surface area contributed by atoms with Crippen molar-refractivity contribution >= 4 is 16.9 Å². The highest BCUT2D eigenvalue weighted by Crippen LogP contribution is 2.44. The summed E-state index contributed by atoms with van der Waals surface area (Å²) in [5, 5.41) is 2.97. The topological polar surface area (TPSA) is 54.9 Å². The summed E-state index contributed by atoms with van der Waals surface area (Å²) in [6.07, 6.45) is 4.34. The zero-order chi connectivity index (χ0) is 11.4. The third kappa shape index (κ3) is 1.15. The average Bonchev–Trinajstić information content (AvgIpc) is 2.66. The lowest BCUT2D eigenvalue weighted by atomic mass is 9.97. The number of piperidine rings is 1. The van der Waals surface area contributed by atoms with Crippen molar-refractivity contribution in [3.63, 3.8) is 0 Å². The lowest BCUT2D eigenvalue weighted by Crippen LogP contribution is -2.34. The van der Waals surface area contributed by atoms with Crippen molar-refractivity contribution in [3.05, 3.63) is 35.7 Å². The zero-order valence-electron chi connectivity index (χ0n) is 9.18. The maximum Gasteiger partial charge on any atom is 0.227 e. The van der Waals surface area contributed by atoms with E-state index < -0.39 is 0 Å². The first kappa shape index (κ1) is 9.10. The number of nitrogens with one attached hydrogen (secondary N) is 1. The van der Waals surface area contributed by atoms with Crippen LogP contribution < -0.4 is 5.32 Å². The Hall–Kier alpha value is -1.97. The second kappa shape index (κ2) is 3.03. The summed E-state index contributed by atoms with van der Waals surface area (Å²) in [4.78, 5) is 20.4. The van der Waals surface area contributed by atoms with Gasteiger partial charge in [-0.3, -0.25) is 14.8 Å². The fourth-order valence-corrected chi connectivity index (χ4v) is 3.03. The first-order valence-corrected chi connectivity index (χ1v) is 5.85. The van der Waals surface area contributed by atoms with Crippen molar-refractivity contribution in [3.8, 4) is 0 Å². The van der Waals surface area contributed by atoms with Gasteiger partial charge in [0.25, 0.3) is 0 Å². The van der Waals surface area contributed by atoms with E-state index in [-0.39, 0.29) is 11.8 Å². The van der Waals surface area contributed by atoms with E-state index in [1.165, 1.54) is 5.56 Å². The van der Waals surface area contributed by atoms with Crippen LogP contribution in [0.25, 0.3) is 11.0 Å². The molecule has 1 fully saturated rings. The molecule has 2 atom stereocenters. The van der Waals surface area contributed by atoms with Gasteiger partial charge in [-0.05, 0) is 29.7 Å². The predicted octanol–water partition coefficient (Wildman–Crippen LogP) is 1.33. The monoisotopic (exact) mass is 225 g/mol. The van der Waals surface area contributed by atoms with Crippen molar-refractivity contribution < 1.29 is 4.79 Å². The van der Waals surface area contributed by atoms with E-state index in [0.29, 0.717) is 5.92 Å². The molecule has 1 saturated heterocycles. The van der Waals surface area contributed by atoms with Gasteiger partial charge in [0.1, 0.15) is 0 Å². The minimum absolute atomic E-state index is 0.0233. The molecule has 0 spiro atoms. The molecule has 1 aromatic heterocycles. The number of benzene rings is 1. The molecule has 4 rings (SSSR count). The highest BCUT2D eigenvalue weighted by atomic mass is 16.2. The van der Waals surface area contributed by atoms with Gasteiger partial charge in [-0.2, -0.15) is 0 Å². The average molecular weight is 225 g/mol. The van der Waals surface area contributed by atoms with E-state index in [9.17, 15) is 4.79 Å². The number of fused-ring (bicyclic) bond motifs is 6. The Kier molecular flexibility index (Phi) is 1.62. The second-order valence-electron chi connectivity index (χ2n) is 4.76. The standard InChI is InChI=1S/C13H11N3O/c17-13-10-3-7(6-16-13)8-4-11-12(5-9(8)10)15-2-1-14-11/h1-2,4-5,7,10H,3,6H2,(H,16,17)/t7-,10+/m1/s1. The highest BCUT2D eigenvalue weighted by molar-refractivity contribution is 5.89. The molecule has 1 aliphatic heterocycles. The van der Waals surface area contributed by atoms with E-state index in [0.717, 1.165) is 29.6 Å². The molecule has 0 radical (unpaired) electrons. The summed E-state index contributed by atoms with van der Waals surface area (Å²) < 4.78 is 0. The summed E-state index contributed by atoms with van der Waals surface area (Å²) in [5.74, 6) is 0.637. The highest BCUT2D eigenvalue weighted by Gasteiger charge is 2.39. The minimum Gasteiger partial charge on any atom is -0.355 e. The SMILES string of the molecule is O=C1NC[C@H]2C[C@H]1c1cc3nccnc3cc12. The second-order valence-corrected chi connectivity index (χ2v) is 4.76. The zero-order valence-corrected chi connectivity index (χ0v) is 9.18. The molecule has 4 heteroatoms. The van der Waals surface area contributed by atoms with Crippen LogP contribution in [0.15, 0.2) is 24.5 Å². The first-order chi connectivity index (χ1) is 8.33. The van der Waals surface area contributed by atoms with E-state index >= 15 is 0 Å². The number of hydrogen-bond acceptors (Lipinski definition) is 3. The van der Waals surface area contributed by atoms with Gasteiger partial charge in [0.2, 0.25) is 5.91 Å². The van der Waals surface area contributed by atoms with Crippen LogP contribution in [0.1, 0.15) is 29.4 Å². The minimum atomic E-state index is 0.0233. The van der Waals surface area contributed by atoms with Crippen LogP contribution >= 0.6 is 0 Å². The molecule has 2 aromatic rings. The van der Waals surface area contributed by atoms with E-state index in [4.69, 9.17) is 0 Å². The Morgan fingerprint density at radius 3 is 2.59 bits per heavy atom. The van der Waals surface area contributed by atoms with Crippen LogP contribution in [-0.4, -0.2) is 22.4 Å².